The molecule has 1 heterocycles. The number of ether oxygens (including phenoxy) is 2. The van der Waals surface area contributed by atoms with E-state index in [4.69, 9.17) is 9.47 Å². The lowest BCUT2D eigenvalue weighted by Gasteiger charge is -2.22. The highest BCUT2D eigenvalue weighted by Gasteiger charge is 2.33. The van der Waals surface area contributed by atoms with Gasteiger partial charge in [-0.25, -0.2) is 8.78 Å². The van der Waals surface area contributed by atoms with Gasteiger partial charge in [0.1, 0.15) is 0 Å². The van der Waals surface area contributed by atoms with E-state index in [1.165, 1.54) is 20.3 Å². The van der Waals surface area contributed by atoms with Gasteiger partial charge in [-0.05, 0) is 36.6 Å². The molecule has 2 rings (SSSR count). The zero-order valence-corrected chi connectivity index (χ0v) is 11.4. The molecule has 1 N–H and O–H groups in total. The lowest BCUT2D eigenvalue weighted by molar-refractivity contribution is 0.0159. The van der Waals surface area contributed by atoms with Crippen molar-refractivity contribution in [2.24, 2.45) is 0 Å². The van der Waals surface area contributed by atoms with Crippen molar-refractivity contribution in [1.29, 1.82) is 0 Å². The Bertz CT molecular complexity index is 451. The fraction of sp³-hybridized carbons (Fsp3) is 0.571. The average Bonchev–Trinajstić information content (AvgIpc) is 2.89. The second-order valence-electron chi connectivity index (χ2n) is 4.87. The third kappa shape index (κ3) is 2.81. The smallest absolute Gasteiger partial charge is 0.270 e. The summed E-state index contributed by atoms with van der Waals surface area (Å²) < 4.78 is 37.9. The van der Waals surface area contributed by atoms with E-state index in [9.17, 15) is 8.78 Å². The van der Waals surface area contributed by atoms with Crippen LogP contribution in [-0.2, 0) is 5.92 Å². The lowest BCUT2D eigenvalue weighted by atomic mass is 9.90. The van der Waals surface area contributed by atoms with Gasteiger partial charge in [0.2, 0.25) is 0 Å². The number of halogens is 2. The van der Waals surface area contributed by atoms with Crippen LogP contribution < -0.4 is 14.8 Å². The van der Waals surface area contributed by atoms with Gasteiger partial charge in [-0.3, -0.25) is 0 Å². The number of hydrogen-bond donors (Lipinski definition) is 1. The Hall–Kier alpha value is -1.36. The molecule has 0 amide bonds. The Balaban J connectivity index is 2.54. The van der Waals surface area contributed by atoms with Crippen molar-refractivity contribution in [3.63, 3.8) is 0 Å². The molecule has 0 bridgehead atoms. The molecule has 106 valence electrons. The van der Waals surface area contributed by atoms with Crippen molar-refractivity contribution < 1.29 is 18.3 Å². The van der Waals surface area contributed by atoms with Crippen LogP contribution in [-0.4, -0.2) is 27.3 Å². The van der Waals surface area contributed by atoms with E-state index in [-0.39, 0.29) is 11.5 Å². The molecule has 3 nitrogen and oxygen atoms in total. The van der Waals surface area contributed by atoms with Gasteiger partial charge in [-0.2, -0.15) is 0 Å². The van der Waals surface area contributed by atoms with Gasteiger partial charge >= 0.3 is 0 Å². The maximum atomic E-state index is 13.8. The Morgan fingerprint density at radius 3 is 2.32 bits per heavy atom. The molecule has 1 unspecified atom stereocenters. The van der Waals surface area contributed by atoms with Crippen LogP contribution in [0.4, 0.5) is 8.78 Å². The van der Waals surface area contributed by atoms with E-state index in [0.29, 0.717) is 17.1 Å². The van der Waals surface area contributed by atoms with Gasteiger partial charge in [0, 0.05) is 19.0 Å². The standard InChI is InChI=1S/C14H19F2NO2/c1-14(15,16)11-7-13(19-3)12(18-2)6-10(11)9-4-5-17-8-9/h6-7,9,17H,4-5,8H2,1-3H3. The molecule has 19 heavy (non-hydrogen) atoms. The van der Waals surface area contributed by atoms with Crippen molar-refractivity contribution in [1.82, 2.24) is 5.32 Å². The first-order valence-electron chi connectivity index (χ1n) is 6.32. The molecule has 1 aliphatic heterocycles. The van der Waals surface area contributed by atoms with Gasteiger partial charge in [-0.1, -0.05) is 0 Å². The number of alkyl halides is 2. The molecule has 1 aliphatic rings. The lowest BCUT2D eigenvalue weighted by Crippen LogP contribution is -2.16. The van der Waals surface area contributed by atoms with Crippen LogP contribution in [0.1, 0.15) is 30.4 Å². The van der Waals surface area contributed by atoms with E-state index in [2.05, 4.69) is 5.32 Å². The first kappa shape index (κ1) is 14.1. The Labute approximate surface area is 111 Å². The molecule has 1 atom stereocenters. The number of methoxy groups -OCH3 is 2. The van der Waals surface area contributed by atoms with Crippen LogP contribution in [0.5, 0.6) is 11.5 Å². The van der Waals surface area contributed by atoms with E-state index in [1.54, 1.807) is 6.07 Å². The zero-order valence-electron chi connectivity index (χ0n) is 11.4. The number of rotatable bonds is 4. The van der Waals surface area contributed by atoms with Crippen LogP contribution in [0, 0.1) is 0 Å². The minimum Gasteiger partial charge on any atom is -0.493 e. The Kier molecular flexibility index (Phi) is 3.94. The highest BCUT2D eigenvalue weighted by molar-refractivity contribution is 5.50. The van der Waals surface area contributed by atoms with Crippen LogP contribution in [0.15, 0.2) is 12.1 Å². The Morgan fingerprint density at radius 2 is 1.84 bits per heavy atom. The summed E-state index contributed by atoms with van der Waals surface area (Å²) in [6.07, 6.45) is 0.860. The molecule has 1 saturated heterocycles. The molecular weight excluding hydrogens is 252 g/mol. The summed E-state index contributed by atoms with van der Waals surface area (Å²) in [4.78, 5) is 0. The maximum absolute atomic E-state index is 13.8. The first-order chi connectivity index (χ1) is 8.97. The van der Waals surface area contributed by atoms with E-state index in [1.807, 2.05) is 0 Å². The van der Waals surface area contributed by atoms with Gasteiger partial charge in [0.15, 0.2) is 11.5 Å². The third-order valence-electron chi connectivity index (χ3n) is 3.53. The maximum Gasteiger partial charge on any atom is 0.270 e. The summed E-state index contributed by atoms with van der Waals surface area (Å²) in [6.45, 7) is 2.49. The molecule has 0 aromatic heterocycles. The van der Waals surface area contributed by atoms with Crippen LogP contribution in [0.3, 0.4) is 0 Å². The van der Waals surface area contributed by atoms with Crippen LogP contribution in [0.25, 0.3) is 0 Å². The largest absolute Gasteiger partial charge is 0.493 e. The molecule has 0 radical (unpaired) electrons. The predicted octanol–water partition coefficient (Wildman–Crippen LogP) is 2.89. The zero-order chi connectivity index (χ0) is 14.0. The van der Waals surface area contributed by atoms with Crippen molar-refractivity contribution >= 4 is 0 Å². The second-order valence-corrected chi connectivity index (χ2v) is 4.87. The normalized spacial score (nSPS) is 19.5. The minimum atomic E-state index is -2.89. The fourth-order valence-corrected chi connectivity index (χ4v) is 2.53. The average molecular weight is 271 g/mol. The molecule has 1 aromatic carbocycles. The SMILES string of the molecule is COc1cc(C2CCNC2)c(C(C)(F)F)cc1OC. The van der Waals surface area contributed by atoms with Gasteiger partial charge in [0.05, 0.1) is 14.2 Å². The highest BCUT2D eigenvalue weighted by atomic mass is 19.3. The topological polar surface area (TPSA) is 30.5 Å². The number of nitrogens with one attached hydrogen (secondary N) is 1. The van der Waals surface area contributed by atoms with Gasteiger partial charge in [0.25, 0.3) is 5.92 Å². The van der Waals surface area contributed by atoms with Crippen molar-refractivity contribution in [3.8, 4) is 11.5 Å². The highest BCUT2D eigenvalue weighted by Crippen LogP contribution is 2.41. The molecule has 1 fully saturated rings. The summed E-state index contributed by atoms with van der Waals surface area (Å²) in [5.41, 5.74) is 0.675. The summed E-state index contributed by atoms with van der Waals surface area (Å²) in [6, 6.07) is 3.08. The summed E-state index contributed by atoms with van der Waals surface area (Å²) in [7, 11) is 2.96. The molecule has 5 heteroatoms. The minimum absolute atomic E-state index is 0.0267. The van der Waals surface area contributed by atoms with E-state index in [0.717, 1.165) is 26.4 Å². The molecule has 0 spiro atoms. The number of benzene rings is 1. The molecule has 0 saturated carbocycles. The third-order valence-corrected chi connectivity index (χ3v) is 3.53. The summed E-state index contributed by atoms with van der Waals surface area (Å²) in [5.74, 6) is -1.95. The van der Waals surface area contributed by atoms with Crippen LogP contribution >= 0.6 is 0 Å². The van der Waals surface area contributed by atoms with Crippen molar-refractivity contribution in [3.05, 3.63) is 23.3 Å². The predicted molar refractivity (Wildman–Crippen MR) is 69.3 cm³/mol. The van der Waals surface area contributed by atoms with E-state index >= 15 is 0 Å². The Morgan fingerprint density at radius 1 is 1.21 bits per heavy atom. The first-order valence-corrected chi connectivity index (χ1v) is 6.32. The van der Waals surface area contributed by atoms with E-state index < -0.39 is 5.92 Å². The second kappa shape index (κ2) is 5.33. The molecule has 1 aromatic rings. The molecular formula is C14H19F2NO2. The quantitative estimate of drug-likeness (QED) is 0.913. The summed E-state index contributed by atoms with van der Waals surface area (Å²) in [5, 5.41) is 3.20. The fourth-order valence-electron chi connectivity index (χ4n) is 2.53. The molecule has 0 aliphatic carbocycles. The van der Waals surface area contributed by atoms with Gasteiger partial charge < -0.3 is 14.8 Å². The monoisotopic (exact) mass is 271 g/mol. The van der Waals surface area contributed by atoms with Crippen LogP contribution in [0.2, 0.25) is 0 Å². The van der Waals surface area contributed by atoms with Crippen molar-refractivity contribution in [2.45, 2.75) is 25.2 Å². The van der Waals surface area contributed by atoms with Gasteiger partial charge in [-0.15, -0.1) is 0 Å². The number of hydrogen-bond acceptors (Lipinski definition) is 3. The summed E-state index contributed by atoms with van der Waals surface area (Å²) >= 11 is 0. The van der Waals surface area contributed by atoms with Crippen molar-refractivity contribution in [2.75, 3.05) is 27.3 Å².